The van der Waals surface area contributed by atoms with Gasteiger partial charge in [-0.15, -0.1) is 0 Å². The third kappa shape index (κ3) is 4.03. The van der Waals surface area contributed by atoms with Gasteiger partial charge < -0.3 is 10.2 Å². The van der Waals surface area contributed by atoms with Crippen LogP contribution in [0.15, 0.2) is 47.2 Å². The molecule has 1 fully saturated rings. The highest BCUT2D eigenvalue weighted by Crippen LogP contribution is 2.25. The molecular formula is C17H17BrIN3O. The van der Waals surface area contributed by atoms with E-state index in [9.17, 15) is 4.79 Å². The summed E-state index contributed by atoms with van der Waals surface area (Å²) in [7, 11) is 0. The van der Waals surface area contributed by atoms with Gasteiger partial charge in [0.05, 0.1) is 11.3 Å². The Morgan fingerprint density at radius 3 is 2.74 bits per heavy atom. The lowest BCUT2D eigenvalue weighted by molar-refractivity contribution is 0.0717. The average molecular weight is 486 g/mol. The van der Waals surface area contributed by atoms with Gasteiger partial charge in [0, 0.05) is 39.6 Å². The maximum atomic E-state index is 12.7. The lowest BCUT2D eigenvalue weighted by Crippen LogP contribution is -2.42. The zero-order valence-electron chi connectivity index (χ0n) is 12.5. The third-order valence-electron chi connectivity index (χ3n) is 4.00. The minimum atomic E-state index is 0.121. The molecule has 0 atom stereocenters. The van der Waals surface area contributed by atoms with Crippen LogP contribution in [-0.4, -0.2) is 34.9 Å². The molecule has 6 heteroatoms. The number of piperidine rings is 1. The number of hydrogen-bond donors (Lipinski definition) is 1. The summed E-state index contributed by atoms with van der Waals surface area (Å²) in [4.78, 5) is 18.8. The number of rotatable bonds is 3. The topological polar surface area (TPSA) is 45.2 Å². The Labute approximate surface area is 157 Å². The smallest absolute Gasteiger partial charge is 0.254 e. The summed E-state index contributed by atoms with van der Waals surface area (Å²) in [5, 5.41) is 3.49. The molecule has 1 aromatic carbocycles. The maximum absolute atomic E-state index is 12.7. The van der Waals surface area contributed by atoms with Crippen molar-refractivity contribution in [1.82, 2.24) is 9.88 Å². The fourth-order valence-corrected chi connectivity index (χ4v) is 3.71. The number of carbonyl (C=O) groups is 1. The van der Waals surface area contributed by atoms with E-state index in [-0.39, 0.29) is 5.91 Å². The number of nitrogens with zero attached hydrogens (tertiary/aromatic N) is 2. The van der Waals surface area contributed by atoms with Crippen LogP contribution < -0.4 is 5.32 Å². The van der Waals surface area contributed by atoms with Gasteiger partial charge in [0.15, 0.2) is 0 Å². The predicted molar refractivity (Wildman–Crippen MR) is 104 cm³/mol. The lowest BCUT2D eigenvalue weighted by atomic mass is 10.0. The van der Waals surface area contributed by atoms with Crippen LogP contribution in [0.3, 0.4) is 0 Å². The molecule has 0 aliphatic carbocycles. The fraction of sp³-hybridized carbons (Fsp3) is 0.294. The third-order valence-corrected chi connectivity index (χ3v) is 6.56. The van der Waals surface area contributed by atoms with Gasteiger partial charge in [-0.3, -0.25) is 9.78 Å². The van der Waals surface area contributed by atoms with Crippen molar-refractivity contribution in [2.75, 3.05) is 18.4 Å². The van der Waals surface area contributed by atoms with Gasteiger partial charge in [0.25, 0.3) is 5.91 Å². The van der Waals surface area contributed by atoms with E-state index >= 15 is 0 Å². The summed E-state index contributed by atoms with van der Waals surface area (Å²) in [6, 6.07) is 10.1. The van der Waals surface area contributed by atoms with Crippen LogP contribution in [0.4, 0.5) is 5.69 Å². The number of hydrogen-bond acceptors (Lipinski definition) is 3. The second kappa shape index (κ2) is 7.61. The molecule has 0 saturated carbocycles. The summed E-state index contributed by atoms with van der Waals surface area (Å²) in [5.41, 5.74) is 1.82. The Bertz CT molecular complexity index is 687. The zero-order chi connectivity index (χ0) is 16.2. The first-order valence-corrected chi connectivity index (χ1v) is 9.42. The number of benzene rings is 1. The molecule has 1 amide bonds. The number of aromatic nitrogens is 1. The molecule has 2 heterocycles. The average Bonchev–Trinajstić information content (AvgIpc) is 2.58. The number of nitrogens with one attached hydrogen (secondary N) is 1. The number of anilines is 1. The minimum Gasteiger partial charge on any atom is -0.381 e. The summed E-state index contributed by atoms with van der Waals surface area (Å²) < 4.78 is 1.95. The number of amides is 1. The molecule has 1 aliphatic heterocycles. The SMILES string of the molecule is O=C(c1cccc(Br)c1I)N1CCC(Nc2cccnc2)CC1. The Kier molecular flexibility index (Phi) is 5.53. The molecule has 4 nitrogen and oxygen atoms in total. The van der Waals surface area contributed by atoms with Crippen LogP contribution in [0.2, 0.25) is 0 Å². The van der Waals surface area contributed by atoms with E-state index in [0.717, 1.165) is 45.2 Å². The molecule has 0 bridgehead atoms. The van der Waals surface area contributed by atoms with Crippen molar-refractivity contribution in [3.63, 3.8) is 0 Å². The lowest BCUT2D eigenvalue weighted by Gasteiger charge is -2.33. The molecule has 0 radical (unpaired) electrons. The van der Waals surface area contributed by atoms with E-state index in [0.29, 0.717) is 6.04 Å². The second-order valence-electron chi connectivity index (χ2n) is 5.55. The molecule has 2 aromatic rings. The monoisotopic (exact) mass is 485 g/mol. The second-order valence-corrected chi connectivity index (χ2v) is 7.49. The van der Waals surface area contributed by atoms with Crippen molar-refractivity contribution in [2.24, 2.45) is 0 Å². The molecule has 1 saturated heterocycles. The highest BCUT2D eigenvalue weighted by atomic mass is 127. The highest BCUT2D eigenvalue weighted by molar-refractivity contribution is 14.1. The van der Waals surface area contributed by atoms with E-state index in [1.165, 1.54) is 0 Å². The number of halogens is 2. The molecular weight excluding hydrogens is 469 g/mol. The van der Waals surface area contributed by atoms with Crippen molar-refractivity contribution < 1.29 is 4.79 Å². The van der Waals surface area contributed by atoms with Gasteiger partial charge >= 0.3 is 0 Å². The molecule has 120 valence electrons. The van der Waals surface area contributed by atoms with Crippen LogP contribution in [0.1, 0.15) is 23.2 Å². The largest absolute Gasteiger partial charge is 0.381 e. The van der Waals surface area contributed by atoms with Crippen molar-refractivity contribution >= 4 is 50.1 Å². The molecule has 0 unspecified atom stereocenters. The molecule has 1 aliphatic rings. The van der Waals surface area contributed by atoms with Gasteiger partial charge in [-0.2, -0.15) is 0 Å². The van der Waals surface area contributed by atoms with E-state index in [1.54, 1.807) is 6.20 Å². The Morgan fingerprint density at radius 1 is 1.26 bits per heavy atom. The molecule has 3 rings (SSSR count). The molecule has 1 aromatic heterocycles. The van der Waals surface area contributed by atoms with Gasteiger partial charge in [-0.05, 0) is 75.6 Å². The first-order valence-electron chi connectivity index (χ1n) is 7.55. The van der Waals surface area contributed by atoms with E-state index in [1.807, 2.05) is 41.4 Å². The van der Waals surface area contributed by atoms with Crippen molar-refractivity contribution in [3.8, 4) is 0 Å². The van der Waals surface area contributed by atoms with Crippen LogP contribution in [0, 0.1) is 3.57 Å². The Balaban J connectivity index is 1.60. The van der Waals surface area contributed by atoms with E-state index < -0.39 is 0 Å². The Morgan fingerprint density at radius 2 is 2.04 bits per heavy atom. The first-order chi connectivity index (χ1) is 11.1. The number of likely N-dealkylation sites (tertiary alicyclic amines) is 1. The normalized spacial score (nSPS) is 15.5. The molecule has 0 spiro atoms. The Hall–Kier alpha value is -1.15. The van der Waals surface area contributed by atoms with Gasteiger partial charge in [0.1, 0.15) is 0 Å². The number of carbonyl (C=O) groups excluding carboxylic acids is 1. The number of pyridine rings is 1. The summed E-state index contributed by atoms with van der Waals surface area (Å²) >= 11 is 5.71. The van der Waals surface area contributed by atoms with E-state index in [4.69, 9.17) is 0 Å². The van der Waals surface area contributed by atoms with Crippen molar-refractivity contribution in [3.05, 3.63) is 56.3 Å². The fourth-order valence-electron chi connectivity index (χ4n) is 2.75. The van der Waals surface area contributed by atoms with Gasteiger partial charge in [0.2, 0.25) is 0 Å². The highest BCUT2D eigenvalue weighted by Gasteiger charge is 2.25. The van der Waals surface area contributed by atoms with Gasteiger partial charge in [-0.1, -0.05) is 6.07 Å². The molecule has 23 heavy (non-hydrogen) atoms. The van der Waals surface area contributed by atoms with E-state index in [2.05, 4.69) is 48.8 Å². The predicted octanol–water partition coefficient (Wildman–Crippen LogP) is 4.17. The van der Waals surface area contributed by atoms with Gasteiger partial charge in [-0.25, -0.2) is 0 Å². The summed E-state index contributed by atoms with van der Waals surface area (Å²) in [6.45, 7) is 1.55. The van der Waals surface area contributed by atoms with Crippen molar-refractivity contribution in [2.45, 2.75) is 18.9 Å². The first kappa shape index (κ1) is 16.7. The van der Waals surface area contributed by atoms with Crippen LogP contribution >= 0.6 is 38.5 Å². The van der Waals surface area contributed by atoms with Crippen LogP contribution in [0.5, 0.6) is 0 Å². The van der Waals surface area contributed by atoms with Crippen LogP contribution in [0.25, 0.3) is 0 Å². The summed E-state index contributed by atoms with van der Waals surface area (Å²) in [6.07, 6.45) is 5.50. The van der Waals surface area contributed by atoms with Crippen LogP contribution in [-0.2, 0) is 0 Å². The van der Waals surface area contributed by atoms with Crippen molar-refractivity contribution in [1.29, 1.82) is 0 Å². The maximum Gasteiger partial charge on any atom is 0.254 e. The summed E-state index contributed by atoms with van der Waals surface area (Å²) in [5.74, 6) is 0.121. The standard InChI is InChI=1S/C17H17BrIN3O/c18-15-5-1-4-14(16(15)19)17(23)22-9-6-12(7-10-22)21-13-3-2-8-20-11-13/h1-5,8,11-12,21H,6-7,9-10H2. The molecule has 1 N–H and O–H groups in total. The zero-order valence-corrected chi connectivity index (χ0v) is 16.2. The minimum absolute atomic E-state index is 0.121. The quantitative estimate of drug-likeness (QED) is 0.664.